The van der Waals surface area contributed by atoms with Crippen molar-refractivity contribution in [2.75, 3.05) is 13.6 Å². The SMILES string of the molecule is CCNCc1cnc(C2CC3CCC(C2)N3C)nc1. The first-order chi connectivity index (χ1) is 9.28. The van der Waals surface area contributed by atoms with Gasteiger partial charge in [0.25, 0.3) is 0 Å². The molecule has 1 aromatic heterocycles. The molecule has 2 bridgehead atoms. The van der Waals surface area contributed by atoms with Crippen LogP contribution in [0, 0.1) is 0 Å². The van der Waals surface area contributed by atoms with Crippen molar-refractivity contribution in [3.05, 3.63) is 23.8 Å². The molecule has 2 aliphatic rings. The Morgan fingerprint density at radius 3 is 2.42 bits per heavy atom. The summed E-state index contributed by atoms with van der Waals surface area (Å²) < 4.78 is 0. The fraction of sp³-hybridized carbons (Fsp3) is 0.733. The van der Waals surface area contributed by atoms with Crippen LogP contribution in [-0.2, 0) is 6.54 Å². The standard InChI is InChI=1S/C15H24N4/c1-3-16-8-11-9-17-15(18-10-11)12-6-13-4-5-14(7-12)19(13)2/h9-10,12-14,16H,3-8H2,1-2H3. The van der Waals surface area contributed by atoms with E-state index in [1.165, 1.54) is 31.2 Å². The molecule has 1 aromatic rings. The summed E-state index contributed by atoms with van der Waals surface area (Å²) in [6.45, 7) is 3.97. The van der Waals surface area contributed by atoms with E-state index in [4.69, 9.17) is 0 Å². The number of rotatable bonds is 4. The normalized spacial score (nSPS) is 30.7. The lowest BCUT2D eigenvalue weighted by Crippen LogP contribution is -2.39. The van der Waals surface area contributed by atoms with Crippen LogP contribution in [0.25, 0.3) is 0 Å². The summed E-state index contributed by atoms with van der Waals surface area (Å²) in [6, 6.07) is 1.52. The Bertz CT molecular complexity index is 403. The topological polar surface area (TPSA) is 41.1 Å². The first-order valence-electron chi connectivity index (χ1n) is 7.51. The van der Waals surface area contributed by atoms with Gasteiger partial charge in [0.1, 0.15) is 5.82 Å². The molecule has 2 atom stereocenters. The van der Waals surface area contributed by atoms with Gasteiger partial charge in [-0.3, -0.25) is 0 Å². The second kappa shape index (κ2) is 5.55. The van der Waals surface area contributed by atoms with Crippen LogP contribution in [-0.4, -0.2) is 40.5 Å². The smallest absolute Gasteiger partial charge is 0.131 e. The van der Waals surface area contributed by atoms with Gasteiger partial charge < -0.3 is 10.2 Å². The molecule has 1 N–H and O–H groups in total. The Balaban J connectivity index is 1.66. The molecule has 104 valence electrons. The Hall–Kier alpha value is -1.00. The van der Waals surface area contributed by atoms with Crippen LogP contribution in [0.5, 0.6) is 0 Å². The second-order valence-corrected chi connectivity index (χ2v) is 5.95. The van der Waals surface area contributed by atoms with Crippen LogP contribution in [0.3, 0.4) is 0 Å². The molecule has 0 amide bonds. The van der Waals surface area contributed by atoms with Crippen LogP contribution in [0.15, 0.2) is 12.4 Å². The lowest BCUT2D eigenvalue weighted by molar-refractivity contribution is 0.159. The summed E-state index contributed by atoms with van der Waals surface area (Å²) in [6.07, 6.45) is 9.17. The zero-order chi connectivity index (χ0) is 13.2. The van der Waals surface area contributed by atoms with E-state index in [1.807, 2.05) is 12.4 Å². The van der Waals surface area contributed by atoms with E-state index in [0.29, 0.717) is 5.92 Å². The monoisotopic (exact) mass is 260 g/mol. The maximum Gasteiger partial charge on any atom is 0.131 e. The summed E-state index contributed by atoms with van der Waals surface area (Å²) >= 11 is 0. The zero-order valence-corrected chi connectivity index (χ0v) is 12.0. The van der Waals surface area contributed by atoms with Crippen molar-refractivity contribution in [1.29, 1.82) is 0 Å². The highest BCUT2D eigenvalue weighted by Gasteiger charge is 2.39. The van der Waals surface area contributed by atoms with Crippen molar-refractivity contribution in [1.82, 2.24) is 20.2 Å². The highest BCUT2D eigenvalue weighted by Crippen LogP contribution is 2.40. The molecule has 0 radical (unpaired) electrons. The van der Waals surface area contributed by atoms with Crippen molar-refractivity contribution >= 4 is 0 Å². The maximum atomic E-state index is 4.61. The molecular weight excluding hydrogens is 236 g/mol. The van der Waals surface area contributed by atoms with Crippen LogP contribution < -0.4 is 5.32 Å². The number of fused-ring (bicyclic) bond motifs is 2. The molecular formula is C15H24N4. The van der Waals surface area contributed by atoms with Gasteiger partial charge in [0.15, 0.2) is 0 Å². The van der Waals surface area contributed by atoms with Crippen LogP contribution in [0.4, 0.5) is 0 Å². The number of aromatic nitrogens is 2. The number of hydrogen-bond acceptors (Lipinski definition) is 4. The van der Waals surface area contributed by atoms with Crippen LogP contribution >= 0.6 is 0 Å². The molecule has 0 spiro atoms. The first kappa shape index (κ1) is 13.0. The van der Waals surface area contributed by atoms with Crippen LogP contribution in [0.2, 0.25) is 0 Å². The van der Waals surface area contributed by atoms with Gasteiger partial charge >= 0.3 is 0 Å². The molecule has 3 heterocycles. The zero-order valence-electron chi connectivity index (χ0n) is 12.0. The number of hydrogen-bond donors (Lipinski definition) is 1. The van der Waals surface area contributed by atoms with E-state index in [1.54, 1.807) is 0 Å². The highest BCUT2D eigenvalue weighted by atomic mass is 15.2. The van der Waals surface area contributed by atoms with Crippen molar-refractivity contribution in [3.63, 3.8) is 0 Å². The minimum atomic E-state index is 0.571. The van der Waals surface area contributed by atoms with E-state index >= 15 is 0 Å². The molecule has 0 saturated carbocycles. The third-order valence-corrected chi connectivity index (χ3v) is 4.77. The average molecular weight is 260 g/mol. The molecule has 2 fully saturated rings. The summed E-state index contributed by atoms with van der Waals surface area (Å²) in [4.78, 5) is 11.8. The molecule has 0 aromatic carbocycles. The van der Waals surface area contributed by atoms with Gasteiger partial charge in [-0.1, -0.05) is 6.92 Å². The van der Waals surface area contributed by atoms with E-state index in [-0.39, 0.29) is 0 Å². The number of piperidine rings is 1. The molecule has 4 heteroatoms. The lowest BCUT2D eigenvalue weighted by Gasteiger charge is -2.35. The minimum Gasteiger partial charge on any atom is -0.313 e. The van der Waals surface area contributed by atoms with Gasteiger partial charge in [-0.15, -0.1) is 0 Å². The van der Waals surface area contributed by atoms with Crippen LogP contribution in [0.1, 0.15) is 49.9 Å². The summed E-state index contributed by atoms with van der Waals surface area (Å²) in [5.74, 6) is 1.63. The van der Waals surface area contributed by atoms with Gasteiger partial charge in [-0.2, -0.15) is 0 Å². The third kappa shape index (κ3) is 2.65. The minimum absolute atomic E-state index is 0.571. The molecule has 2 unspecified atom stereocenters. The molecule has 19 heavy (non-hydrogen) atoms. The Morgan fingerprint density at radius 2 is 1.84 bits per heavy atom. The molecule has 2 aliphatic heterocycles. The molecule has 2 saturated heterocycles. The van der Waals surface area contributed by atoms with Gasteiger partial charge in [-0.25, -0.2) is 9.97 Å². The van der Waals surface area contributed by atoms with Gasteiger partial charge in [0.05, 0.1) is 0 Å². The fourth-order valence-electron chi connectivity index (χ4n) is 3.56. The van der Waals surface area contributed by atoms with E-state index in [2.05, 4.69) is 34.2 Å². The number of nitrogens with zero attached hydrogens (tertiary/aromatic N) is 3. The third-order valence-electron chi connectivity index (χ3n) is 4.77. The largest absolute Gasteiger partial charge is 0.313 e. The van der Waals surface area contributed by atoms with Crippen molar-refractivity contribution in [2.24, 2.45) is 0 Å². The Morgan fingerprint density at radius 1 is 1.21 bits per heavy atom. The average Bonchev–Trinajstić information content (AvgIpc) is 2.68. The summed E-state index contributed by atoms with van der Waals surface area (Å²) in [7, 11) is 2.28. The van der Waals surface area contributed by atoms with E-state index < -0.39 is 0 Å². The van der Waals surface area contributed by atoms with E-state index in [0.717, 1.165) is 31.0 Å². The van der Waals surface area contributed by atoms with Gasteiger partial charge in [0.2, 0.25) is 0 Å². The van der Waals surface area contributed by atoms with Gasteiger partial charge in [-0.05, 0) is 39.3 Å². The summed E-state index contributed by atoms with van der Waals surface area (Å²) in [5, 5.41) is 3.31. The predicted octanol–water partition coefficient (Wildman–Crippen LogP) is 1.93. The van der Waals surface area contributed by atoms with Crippen molar-refractivity contribution in [2.45, 2.75) is 57.2 Å². The first-order valence-corrected chi connectivity index (χ1v) is 7.51. The van der Waals surface area contributed by atoms with Gasteiger partial charge in [0, 0.05) is 42.5 Å². The molecule has 4 nitrogen and oxygen atoms in total. The quantitative estimate of drug-likeness (QED) is 0.898. The van der Waals surface area contributed by atoms with E-state index in [9.17, 15) is 0 Å². The maximum absolute atomic E-state index is 4.61. The Labute approximate surface area is 115 Å². The molecule has 0 aliphatic carbocycles. The fourth-order valence-corrected chi connectivity index (χ4v) is 3.56. The van der Waals surface area contributed by atoms with Crippen molar-refractivity contribution < 1.29 is 0 Å². The van der Waals surface area contributed by atoms with Crippen molar-refractivity contribution in [3.8, 4) is 0 Å². The number of nitrogens with one attached hydrogen (secondary N) is 1. The summed E-state index contributed by atoms with van der Waals surface area (Å²) in [5.41, 5.74) is 1.18. The highest BCUT2D eigenvalue weighted by molar-refractivity contribution is 5.10. The molecule has 3 rings (SSSR count). The second-order valence-electron chi connectivity index (χ2n) is 5.95. The lowest BCUT2D eigenvalue weighted by atomic mass is 9.90. The predicted molar refractivity (Wildman–Crippen MR) is 76.0 cm³/mol. The Kier molecular flexibility index (Phi) is 3.80.